The van der Waals surface area contributed by atoms with Crippen molar-refractivity contribution in [1.82, 2.24) is 29.9 Å². The van der Waals surface area contributed by atoms with Crippen LogP contribution >= 0.6 is 24.0 Å². The van der Waals surface area contributed by atoms with Crippen molar-refractivity contribution in [3.05, 3.63) is 48.0 Å². The average Bonchev–Trinajstić information content (AvgIpc) is 3.14. The van der Waals surface area contributed by atoms with Gasteiger partial charge in [0.1, 0.15) is 12.2 Å². The first kappa shape index (κ1) is 21.6. The van der Waals surface area contributed by atoms with E-state index in [0.717, 1.165) is 64.0 Å². The van der Waals surface area contributed by atoms with Crippen molar-refractivity contribution >= 4 is 29.9 Å². The Labute approximate surface area is 178 Å². The van der Waals surface area contributed by atoms with Crippen LogP contribution in [0.3, 0.4) is 0 Å². The van der Waals surface area contributed by atoms with Crippen LogP contribution in [0.1, 0.15) is 18.3 Å². The number of aromatic nitrogens is 3. The van der Waals surface area contributed by atoms with Crippen LogP contribution in [0.2, 0.25) is 0 Å². The third kappa shape index (κ3) is 6.17. The predicted octanol–water partition coefficient (Wildman–Crippen LogP) is 1.85. The lowest BCUT2D eigenvalue weighted by atomic mass is 10.2. The maximum atomic E-state index is 4.45. The molecule has 1 saturated heterocycles. The summed E-state index contributed by atoms with van der Waals surface area (Å²) >= 11 is 0. The predicted molar refractivity (Wildman–Crippen MR) is 119 cm³/mol. The summed E-state index contributed by atoms with van der Waals surface area (Å²) in [4.78, 5) is 9.30. The second kappa shape index (κ2) is 11.2. The summed E-state index contributed by atoms with van der Waals surface area (Å²) < 4.78 is 2.10. The summed E-state index contributed by atoms with van der Waals surface area (Å²) in [5, 5.41) is 11.6. The van der Waals surface area contributed by atoms with Crippen LogP contribution in [0.15, 0.2) is 41.7 Å². The molecule has 27 heavy (non-hydrogen) atoms. The Kier molecular flexibility index (Phi) is 8.99. The highest BCUT2D eigenvalue weighted by atomic mass is 127. The van der Waals surface area contributed by atoms with Gasteiger partial charge >= 0.3 is 0 Å². The first-order valence-electron chi connectivity index (χ1n) is 9.38. The number of hydrogen-bond acceptors (Lipinski definition) is 4. The molecule has 0 aliphatic carbocycles. The van der Waals surface area contributed by atoms with E-state index in [2.05, 4.69) is 72.1 Å². The summed E-state index contributed by atoms with van der Waals surface area (Å²) in [5.41, 5.74) is 1.38. The van der Waals surface area contributed by atoms with Crippen molar-refractivity contribution < 1.29 is 0 Å². The average molecular weight is 483 g/mol. The van der Waals surface area contributed by atoms with Gasteiger partial charge in [-0.2, -0.15) is 0 Å². The second-order valence-corrected chi connectivity index (χ2v) is 6.52. The highest BCUT2D eigenvalue weighted by Crippen LogP contribution is 2.08. The van der Waals surface area contributed by atoms with Gasteiger partial charge in [0.2, 0.25) is 0 Å². The minimum absolute atomic E-state index is 0. The number of rotatable bonds is 6. The lowest BCUT2D eigenvalue weighted by Crippen LogP contribution is -2.52. The summed E-state index contributed by atoms with van der Waals surface area (Å²) in [7, 11) is 1.86. The van der Waals surface area contributed by atoms with E-state index in [1.165, 1.54) is 5.56 Å². The van der Waals surface area contributed by atoms with Gasteiger partial charge in [0.15, 0.2) is 5.96 Å². The van der Waals surface area contributed by atoms with Crippen molar-refractivity contribution in [1.29, 1.82) is 0 Å². The minimum Gasteiger partial charge on any atom is -0.354 e. The molecule has 0 unspecified atom stereocenters. The van der Waals surface area contributed by atoms with Crippen molar-refractivity contribution in [3.63, 3.8) is 0 Å². The molecule has 8 heteroatoms. The zero-order valence-electron chi connectivity index (χ0n) is 16.2. The summed E-state index contributed by atoms with van der Waals surface area (Å²) in [5.74, 6) is 2.01. The monoisotopic (exact) mass is 483 g/mol. The molecular formula is C19H30IN7. The van der Waals surface area contributed by atoms with E-state index < -0.39 is 0 Å². The standard InChI is InChI=1S/C19H29N7.HI/c1-3-18-23-22-16-26(18)10-9-21-19(20-2)25-13-11-24(12-14-25)15-17-7-5-4-6-8-17;/h4-8,16H,3,9-15H2,1-2H3,(H,20,21);1H. The number of halogens is 1. The molecule has 2 heterocycles. The third-order valence-corrected chi connectivity index (χ3v) is 4.78. The van der Waals surface area contributed by atoms with E-state index in [-0.39, 0.29) is 24.0 Å². The molecular weight excluding hydrogens is 453 g/mol. The van der Waals surface area contributed by atoms with Gasteiger partial charge in [0.05, 0.1) is 0 Å². The van der Waals surface area contributed by atoms with Crippen molar-refractivity contribution in [3.8, 4) is 0 Å². The number of aliphatic imine (C=N–C) groups is 1. The van der Waals surface area contributed by atoms with Crippen LogP contribution in [-0.2, 0) is 19.5 Å². The molecule has 7 nitrogen and oxygen atoms in total. The Balaban J connectivity index is 0.00000261. The first-order valence-corrected chi connectivity index (χ1v) is 9.38. The molecule has 0 atom stereocenters. The van der Waals surface area contributed by atoms with Gasteiger partial charge in [0, 0.05) is 59.3 Å². The second-order valence-electron chi connectivity index (χ2n) is 6.52. The summed E-state index contributed by atoms with van der Waals surface area (Å²) in [6, 6.07) is 10.7. The molecule has 0 spiro atoms. The van der Waals surface area contributed by atoms with E-state index in [1.807, 2.05) is 7.05 Å². The molecule has 1 fully saturated rings. The van der Waals surface area contributed by atoms with Gasteiger partial charge < -0.3 is 14.8 Å². The van der Waals surface area contributed by atoms with Gasteiger partial charge in [-0.25, -0.2) is 0 Å². The normalized spacial score (nSPS) is 15.5. The Bertz CT molecular complexity index is 693. The molecule has 0 radical (unpaired) electrons. The Morgan fingerprint density at radius 2 is 1.89 bits per heavy atom. The van der Waals surface area contributed by atoms with Crippen molar-refractivity contribution in [2.75, 3.05) is 39.8 Å². The summed E-state index contributed by atoms with van der Waals surface area (Å²) in [6.45, 7) is 8.90. The number of hydrogen-bond donors (Lipinski definition) is 1. The molecule has 1 aromatic carbocycles. The van der Waals surface area contributed by atoms with Crippen LogP contribution in [0.4, 0.5) is 0 Å². The fourth-order valence-corrected chi connectivity index (χ4v) is 3.32. The fourth-order valence-electron chi connectivity index (χ4n) is 3.32. The van der Waals surface area contributed by atoms with E-state index in [1.54, 1.807) is 6.33 Å². The highest BCUT2D eigenvalue weighted by molar-refractivity contribution is 14.0. The molecule has 0 bridgehead atoms. The van der Waals surface area contributed by atoms with Gasteiger partial charge in [-0.15, -0.1) is 34.2 Å². The quantitative estimate of drug-likeness (QED) is 0.386. The van der Waals surface area contributed by atoms with E-state index >= 15 is 0 Å². The topological polar surface area (TPSA) is 61.6 Å². The number of nitrogens with zero attached hydrogens (tertiary/aromatic N) is 6. The number of guanidine groups is 1. The minimum atomic E-state index is 0. The smallest absolute Gasteiger partial charge is 0.193 e. The Morgan fingerprint density at radius 1 is 1.15 bits per heavy atom. The van der Waals surface area contributed by atoms with Gasteiger partial charge in [0.25, 0.3) is 0 Å². The fraction of sp³-hybridized carbons (Fsp3) is 0.526. The van der Waals surface area contributed by atoms with Crippen LogP contribution in [0.25, 0.3) is 0 Å². The zero-order valence-corrected chi connectivity index (χ0v) is 18.5. The van der Waals surface area contributed by atoms with Gasteiger partial charge in [-0.1, -0.05) is 37.3 Å². The highest BCUT2D eigenvalue weighted by Gasteiger charge is 2.19. The van der Waals surface area contributed by atoms with Crippen LogP contribution in [-0.4, -0.2) is 70.3 Å². The molecule has 2 aromatic rings. The lowest BCUT2D eigenvalue weighted by molar-refractivity contribution is 0.172. The SMILES string of the molecule is CCc1nncn1CCNC(=NC)N1CCN(Cc2ccccc2)CC1.I. The Hall–Kier alpha value is -1.68. The van der Waals surface area contributed by atoms with E-state index in [4.69, 9.17) is 0 Å². The molecule has 1 aromatic heterocycles. The van der Waals surface area contributed by atoms with Gasteiger partial charge in [-0.3, -0.25) is 9.89 Å². The molecule has 148 valence electrons. The lowest BCUT2D eigenvalue weighted by Gasteiger charge is -2.36. The Morgan fingerprint density at radius 3 is 2.56 bits per heavy atom. The first-order chi connectivity index (χ1) is 12.8. The van der Waals surface area contributed by atoms with E-state index in [0.29, 0.717) is 0 Å². The molecule has 0 saturated carbocycles. The van der Waals surface area contributed by atoms with Crippen molar-refractivity contribution in [2.24, 2.45) is 4.99 Å². The molecule has 0 amide bonds. The summed E-state index contributed by atoms with van der Waals surface area (Å²) in [6.07, 6.45) is 2.70. The molecule has 3 rings (SSSR count). The van der Waals surface area contributed by atoms with Crippen LogP contribution < -0.4 is 5.32 Å². The van der Waals surface area contributed by atoms with Crippen LogP contribution in [0, 0.1) is 0 Å². The number of piperazine rings is 1. The van der Waals surface area contributed by atoms with Crippen LogP contribution in [0.5, 0.6) is 0 Å². The van der Waals surface area contributed by atoms with E-state index in [9.17, 15) is 0 Å². The maximum Gasteiger partial charge on any atom is 0.193 e. The number of benzene rings is 1. The molecule has 1 aliphatic heterocycles. The number of nitrogens with one attached hydrogen (secondary N) is 1. The largest absolute Gasteiger partial charge is 0.354 e. The maximum absolute atomic E-state index is 4.45. The number of aryl methyl sites for hydroxylation is 1. The molecule has 1 aliphatic rings. The van der Waals surface area contributed by atoms with Crippen molar-refractivity contribution in [2.45, 2.75) is 26.4 Å². The third-order valence-electron chi connectivity index (χ3n) is 4.78. The molecule has 1 N–H and O–H groups in total. The van der Waals surface area contributed by atoms with Gasteiger partial charge in [-0.05, 0) is 5.56 Å². The zero-order chi connectivity index (χ0) is 18.2.